The molecular weight excluding hydrogens is 316 g/mol. The summed E-state index contributed by atoms with van der Waals surface area (Å²) in [5, 5.41) is 5.83. The number of hydrogen-bond donors (Lipinski definition) is 2. The first-order valence-corrected chi connectivity index (χ1v) is 9.34. The zero-order chi connectivity index (χ0) is 17.4. The second kappa shape index (κ2) is 6.67. The van der Waals surface area contributed by atoms with E-state index in [1.165, 1.54) is 36.9 Å². The molecule has 1 aromatic rings. The van der Waals surface area contributed by atoms with Crippen LogP contribution in [0.15, 0.2) is 18.2 Å². The van der Waals surface area contributed by atoms with Crippen LogP contribution < -0.4 is 20.4 Å². The lowest BCUT2D eigenvalue weighted by atomic mass is 9.90. The number of imide groups is 1. The highest BCUT2D eigenvalue weighted by Crippen LogP contribution is 2.39. The molecule has 3 aliphatic rings. The van der Waals surface area contributed by atoms with Gasteiger partial charge in [-0.25, -0.2) is 4.79 Å². The van der Waals surface area contributed by atoms with Crippen molar-refractivity contribution < 1.29 is 9.59 Å². The Bertz CT molecular complexity index is 682. The third-order valence-corrected chi connectivity index (χ3v) is 5.93. The molecule has 0 unspecified atom stereocenters. The first-order chi connectivity index (χ1) is 12.2. The van der Waals surface area contributed by atoms with Gasteiger partial charge < -0.3 is 10.2 Å². The van der Waals surface area contributed by atoms with Gasteiger partial charge in [0, 0.05) is 42.8 Å². The Morgan fingerprint density at radius 1 is 1.04 bits per heavy atom. The molecule has 134 valence electrons. The van der Waals surface area contributed by atoms with Crippen molar-refractivity contribution in [3.8, 4) is 0 Å². The predicted octanol–water partition coefficient (Wildman–Crippen LogP) is 2.03. The van der Waals surface area contributed by atoms with E-state index in [1.54, 1.807) is 4.90 Å². The Kier molecular flexibility index (Phi) is 4.37. The molecule has 1 saturated heterocycles. The number of carbonyl (C=O) groups is 2. The molecule has 3 amide bonds. The van der Waals surface area contributed by atoms with Crippen molar-refractivity contribution in [1.29, 1.82) is 0 Å². The van der Waals surface area contributed by atoms with Crippen molar-refractivity contribution in [3.05, 3.63) is 23.8 Å². The molecule has 25 heavy (non-hydrogen) atoms. The molecule has 4 rings (SSSR count). The van der Waals surface area contributed by atoms with Crippen LogP contribution in [0.5, 0.6) is 0 Å². The predicted molar refractivity (Wildman–Crippen MR) is 98.1 cm³/mol. The van der Waals surface area contributed by atoms with Crippen LogP contribution in [0.4, 0.5) is 16.2 Å². The average Bonchev–Trinajstić information content (AvgIpc) is 3.06. The Morgan fingerprint density at radius 2 is 1.80 bits per heavy atom. The largest absolute Gasteiger partial charge is 0.368 e. The van der Waals surface area contributed by atoms with Crippen LogP contribution in [0.25, 0.3) is 0 Å². The first kappa shape index (κ1) is 16.4. The van der Waals surface area contributed by atoms with Crippen molar-refractivity contribution in [2.75, 3.05) is 29.9 Å². The van der Waals surface area contributed by atoms with Crippen molar-refractivity contribution in [3.63, 3.8) is 0 Å². The van der Waals surface area contributed by atoms with E-state index in [4.69, 9.17) is 0 Å². The third kappa shape index (κ3) is 2.99. The number of rotatable bonds is 3. The minimum absolute atomic E-state index is 0.184. The van der Waals surface area contributed by atoms with Gasteiger partial charge >= 0.3 is 6.03 Å². The summed E-state index contributed by atoms with van der Waals surface area (Å²) >= 11 is 0. The maximum absolute atomic E-state index is 12.2. The standard InChI is InChI=1S/C19H26N4O2/c1-20-13-5-7-14(8-6-13)22-11-9-15-16(22)3-2-4-17(15)23-12-10-18(24)21-19(23)25/h2-4,13-14,20H,5-12H2,1H3,(H,21,24,25). The SMILES string of the molecule is CNC1CCC(N2CCc3c(N4CCC(=O)NC4=O)cccc32)CC1. The van der Waals surface area contributed by atoms with Gasteiger partial charge in [-0.05, 0) is 51.3 Å². The molecule has 2 aliphatic heterocycles. The van der Waals surface area contributed by atoms with E-state index in [0.717, 1.165) is 18.7 Å². The number of hydrogen-bond acceptors (Lipinski definition) is 4. The molecule has 1 aliphatic carbocycles. The number of benzene rings is 1. The number of carbonyl (C=O) groups excluding carboxylic acids is 2. The quantitative estimate of drug-likeness (QED) is 0.882. The van der Waals surface area contributed by atoms with Gasteiger partial charge in [-0.1, -0.05) is 6.07 Å². The summed E-state index contributed by atoms with van der Waals surface area (Å²) in [4.78, 5) is 27.9. The molecule has 0 atom stereocenters. The van der Waals surface area contributed by atoms with Crippen LogP contribution in [0.1, 0.15) is 37.7 Å². The van der Waals surface area contributed by atoms with E-state index in [-0.39, 0.29) is 11.9 Å². The summed E-state index contributed by atoms with van der Waals surface area (Å²) < 4.78 is 0. The number of amides is 3. The molecule has 6 nitrogen and oxygen atoms in total. The van der Waals surface area contributed by atoms with Crippen molar-refractivity contribution in [2.45, 2.75) is 50.6 Å². The zero-order valence-electron chi connectivity index (χ0n) is 14.8. The van der Waals surface area contributed by atoms with Crippen molar-refractivity contribution >= 4 is 23.3 Å². The van der Waals surface area contributed by atoms with E-state index >= 15 is 0 Å². The fraction of sp³-hybridized carbons (Fsp3) is 0.579. The van der Waals surface area contributed by atoms with Crippen molar-refractivity contribution in [2.24, 2.45) is 0 Å². The van der Waals surface area contributed by atoms with Gasteiger partial charge in [0.1, 0.15) is 0 Å². The van der Waals surface area contributed by atoms with Crippen LogP contribution in [0.2, 0.25) is 0 Å². The highest BCUT2D eigenvalue weighted by Gasteiger charge is 2.33. The number of fused-ring (bicyclic) bond motifs is 1. The first-order valence-electron chi connectivity index (χ1n) is 9.34. The zero-order valence-corrected chi connectivity index (χ0v) is 14.8. The molecule has 0 spiro atoms. The topological polar surface area (TPSA) is 64.7 Å². The van der Waals surface area contributed by atoms with Gasteiger partial charge in [0.25, 0.3) is 0 Å². The molecule has 0 bridgehead atoms. The van der Waals surface area contributed by atoms with Crippen LogP contribution in [0.3, 0.4) is 0 Å². The summed E-state index contributed by atoms with van der Waals surface area (Å²) in [6.07, 6.45) is 6.22. The summed E-state index contributed by atoms with van der Waals surface area (Å²) in [5.41, 5.74) is 3.49. The Morgan fingerprint density at radius 3 is 2.52 bits per heavy atom. The lowest BCUT2D eigenvalue weighted by Gasteiger charge is -2.36. The summed E-state index contributed by atoms with van der Waals surface area (Å²) in [5.74, 6) is -0.184. The van der Waals surface area contributed by atoms with Gasteiger partial charge in [0.2, 0.25) is 5.91 Å². The number of anilines is 2. The monoisotopic (exact) mass is 342 g/mol. The highest BCUT2D eigenvalue weighted by atomic mass is 16.2. The van der Waals surface area contributed by atoms with Crippen LogP contribution in [0, 0.1) is 0 Å². The van der Waals surface area contributed by atoms with Gasteiger partial charge in [-0.2, -0.15) is 0 Å². The maximum Gasteiger partial charge on any atom is 0.328 e. The van der Waals surface area contributed by atoms with Gasteiger partial charge in [-0.3, -0.25) is 15.0 Å². The van der Waals surface area contributed by atoms with E-state index in [2.05, 4.69) is 28.6 Å². The Labute approximate surface area is 148 Å². The molecule has 2 heterocycles. The normalized spacial score (nSPS) is 26.6. The molecule has 0 aromatic heterocycles. The molecule has 6 heteroatoms. The minimum Gasteiger partial charge on any atom is -0.368 e. The van der Waals surface area contributed by atoms with Crippen LogP contribution in [-0.4, -0.2) is 44.2 Å². The fourth-order valence-electron chi connectivity index (χ4n) is 4.54. The molecular formula is C19H26N4O2. The summed E-state index contributed by atoms with van der Waals surface area (Å²) in [7, 11) is 2.05. The highest BCUT2D eigenvalue weighted by molar-refractivity contribution is 6.06. The lowest BCUT2D eigenvalue weighted by Crippen LogP contribution is -2.49. The number of urea groups is 1. The van der Waals surface area contributed by atoms with E-state index in [1.807, 2.05) is 12.1 Å². The minimum atomic E-state index is -0.294. The second-order valence-corrected chi connectivity index (χ2v) is 7.27. The molecule has 2 fully saturated rings. The smallest absolute Gasteiger partial charge is 0.328 e. The third-order valence-electron chi connectivity index (χ3n) is 5.93. The van der Waals surface area contributed by atoms with E-state index < -0.39 is 0 Å². The molecule has 0 radical (unpaired) electrons. The van der Waals surface area contributed by atoms with Gasteiger partial charge in [0.15, 0.2) is 0 Å². The molecule has 1 saturated carbocycles. The lowest BCUT2D eigenvalue weighted by molar-refractivity contribution is -0.120. The summed E-state index contributed by atoms with van der Waals surface area (Å²) in [6, 6.07) is 7.18. The van der Waals surface area contributed by atoms with Gasteiger partial charge in [0.05, 0.1) is 5.69 Å². The number of nitrogens with one attached hydrogen (secondary N) is 2. The Hall–Kier alpha value is -2.08. The average molecular weight is 342 g/mol. The van der Waals surface area contributed by atoms with E-state index in [0.29, 0.717) is 25.0 Å². The van der Waals surface area contributed by atoms with Crippen LogP contribution in [-0.2, 0) is 11.2 Å². The summed E-state index contributed by atoms with van der Waals surface area (Å²) in [6.45, 7) is 1.49. The van der Waals surface area contributed by atoms with Crippen LogP contribution >= 0.6 is 0 Å². The van der Waals surface area contributed by atoms with Gasteiger partial charge in [-0.15, -0.1) is 0 Å². The fourth-order valence-corrected chi connectivity index (χ4v) is 4.54. The molecule has 2 N–H and O–H groups in total. The Balaban J connectivity index is 1.56. The van der Waals surface area contributed by atoms with E-state index in [9.17, 15) is 9.59 Å². The number of nitrogens with zero attached hydrogens (tertiary/aromatic N) is 2. The molecule has 1 aromatic carbocycles. The van der Waals surface area contributed by atoms with Crippen molar-refractivity contribution in [1.82, 2.24) is 10.6 Å². The maximum atomic E-state index is 12.2. The second-order valence-electron chi connectivity index (χ2n) is 7.27.